The first-order valence-electron chi connectivity index (χ1n) is 7.04. The standard InChI is InChI=1S/C15H23BO4S/c1-11-9-12(10-21(6,17)18)7-8-13(11)16-19-14(2,3)15(4,5)20-16/h7-9H,10H2,1-6H3. The first-order chi connectivity index (χ1) is 9.41. The summed E-state index contributed by atoms with van der Waals surface area (Å²) in [5.74, 6) is 0.0531. The van der Waals surface area contributed by atoms with Gasteiger partial charge in [0.15, 0.2) is 9.84 Å². The molecule has 21 heavy (non-hydrogen) atoms. The Hall–Kier alpha value is -0.845. The largest absolute Gasteiger partial charge is 0.495 e. The smallest absolute Gasteiger partial charge is 0.399 e. The molecule has 0 amide bonds. The number of rotatable bonds is 3. The third kappa shape index (κ3) is 3.50. The molecule has 0 unspecified atom stereocenters. The van der Waals surface area contributed by atoms with E-state index in [9.17, 15) is 8.42 Å². The summed E-state index contributed by atoms with van der Waals surface area (Å²) in [5, 5.41) is 0. The lowest BCUT2D eigenvalue weighted by atomic mass is 9.76. The summed E-state index contributed by atoms with van der Waals surface area (Å²) >= 11 is 0. The quantitative estimate of drug-likeness (QED) is 0.800. The first kappa shape index (κ1) is 16.5. The Morgan fingerprint density at radius 3 is 2.05 bits per heavy atom. The van der Waals surface area contributed by atoms with Gasteiger partial charge in [-0.25, -0.2) is 8.42 Å². The van der Waals surface area contributed by atoms with E-state index in [1.54, 1.807) is 0 Å². The number of aryl methyl sites for hydroxylation is 1. The molecule has 0 radical (unpaired) electrons. The molecule has 0 aromatic heterocycles. The Bertz CT molecular complexity index is 634. The molecular weight excluding hydrogens is 287 g/mol. The maximum Gasteiger partial charge on any atom is 0.495 e. The average molecular weight is 310 g/mol. The van der Waals surface area contributed by atoms with E-state index in [1.807, 2.05) is 52.8 Å². The number of sulfone groups is 1. The lowest BCUT2D eigenvalue weighted by Crippen LogP contribution is -2.41. The van der Waals surface area contributed by atoms with Gasteiger partial charge in [0, 0.05) is 6.26 Å². The Balaban J connectivity index is 2.27. The van der Waals surface area contributed by atoms with E-state index in [0.717, 1.165) is 16.6 Å². The Labute approximate surface area is 127 Å². The Kier molecular flexibility index (Phi) is 4.02. The number of hydrogen-bond acceptors (Lipinski definition) is 4. The zero-order chi connectivity index (χ0) is 16.1. The first-order valence-corrected chi connectivity index (χ1v) is 9.10. The fraction of sp³-hybridized carbons (Fsp3) is 0.600. The van der Waals surface area contributed by atoms with Crippen molar-refractivity contribution in [3.05, 3.63) is 29.3 Å². The van der Waals surface area contributed by atoms with Crippen molar-refractivity contribution in [2.24, 2.45) is 0 Å². The predicted molar refractivity (Wildman–Crippen MR) is 85.4 cm³/mol. The van der Waals surface area contributed by atoms with E-state index in [2.05, 4.69) is 0 Å². The molecule has 0 bridgehead atoms. The van der Waals surface area contributed by atoms with Crippen molar-refractivity contribution in [3.63, 3.8) is 0 Å². The third-order valence-electron chi connectivity index (χ3n) is 4.27. The molecule has 1 aliphatic heterocycles. The number of benzene rings is 1. The van der Waals surface area contributed by atoms with E-state index in [4.69, 9.17) is 9.31 Å². The monoisotopic (exact) mass is 310 g/mol. The molecular formula is C15H23BO4S. The molecule has 2 rings (SSSR count). The molecule has 116 valence electrons. The van der Waals surface area contributed by atoms with Gasteiger partial charge in [-0.1, -0.05) is 23.8 Å². The van der Waals surface area contributed by atoms with Crippen LogP contribution in [0.25, 0.3) is 0 Å². The highest BCUT2D eigenvalue weighted by atomic mass is 32.2. The van der Waals surface area contributed by atoms with Crippen molar-refractivity contribution in [2.75, 3.05) is 6.26 Å². The highest BCUT2D eigenvalue weighted by Crippen LogP contribution is 2.36. The van der Waals surface area contributed by atoms with Gasteiger partial charge < -0.3 is 9.31 Å². The molecule has 0 aliphatic carbocycles. The summed E-state index contributed by atoms with van der Waals surface area (Å²) in [7, 11) is -3.44. The molecule has 1 saturated heterocycles. The molecule has 1 fully saturated rings. The third-order valence-corrected chi connectivity index (χ3v) is 5.13. The van der Waals surface area contributed by atoms with E-state index >= 15 is 0 Å². The van der Waals surface area contributed by atoms with Crippen LogP contribution in [0.3, 0.4) is 0 Å². The van der Waals surface area contributed by atoms with Crippen LogP contribution in [0, 0.1) is 6.92 Å². The second kappa shape index (κ2) is 5.11. The molecule has 4 nitrogen and oxygen atoms in total. The summed E-state index contributed by atoms with van der Waals surface area (Å²) in [6.07, 6.45) is 1.24. The van der Waals surface area contributed by atoms with Crippen molar-refractivity contribution in [2.45, 2.75) is 51.6 Å². The average Bonchev–Trinajstić information content (AvgIpc) is 2.45. The summed E-state index contributed by atoms with van der Waals surface area (Å²) in [6.45, 7) is 10.0. The molecule has 0 saturated carbocycles. The van der Waals surface area contributed by atoms with Crippen LogP contribution < -0.4 is 5.46 Å². The fourth-order valence-corrected chi connectivity index (χ4v) is 3.15. The minimum absolute atomic E-state index is 0.0531. The highest BCUT2D eigenvalue weighted by molar-refractivity contribution is 7.89. The van der Waals surface area contributed by atoms with Gasteiger partial charge in [-0.05, 0) is 45.6 Å². The van der Waals surface area contributed by atoms with E-state index in [0.29, 0.717) is 0 Å². The van der Waals surface area contributed by atoms with E-state index in [1.165, 1.54) is 6.26 Å². The van der Waals surface area contributed by atoms with Crippen LogP contribution in [0.4, 0.5) is 0 Å². The van der Waals surface area contributed by atoms with Crippen molar-refractivity contribution in [1.82, 2.24) is 0 Å². The zero-order valence-corrected chi connectivity index (χ0v) is 14.4. The summed E-state index contributed by atoms with van der Waals surface area (Å²) in [6, 6.07) is 5.62. The summed E-state index contributed by atoms with van der Waals surface area (Å²) in [4.78, 5) is 0. The molecule has 0 spiro atoms. The van der Waals surface area contributed by atoms with Crippen molar-refractivity contribution < 1.29 is 17.7 Å². The lowest BCUT2D eigenvalue weighted by molar-refractivity contribution is 0.00578. The molecule has 1 heterocycles. The highest BCUT2D eigenvalue weighted by Gasteiger charge is 2.51. The van der Waals surface area contributed by atoms with Crippen LogP contribution in [0.15, 0.2) is 18.2 Å². The Morgan fingerprint density at radius 1 is 1.10 bits per heavy atom. The number of hydrogen-bond donors (Lipinski definition) is 0. The van der Waals surface area contributed by atoms with Gasteiger partial charge >= 0.3 is 7.12 Å². The van der Waals surface area contributed by atoms with Crippen LogP contribution in [0.5, 0.6) is 0 Å². The topological polar surface area (TPSA) is 52.6 Å². The van der Waals surface area contributed by atoms with Crippen LogP contribution >= 0.6 is 0 Å². The minimum atomic E-state index is -3.03. The Morgan fingerprint density at radius 2 is 1.62 bits per heavy atom. The summed E-state index contributed by atoms with van der Waals surface area (Å²) < 4.78 is 34.8. The molecule has 1 aromatic carbocycles. The molecule has 6 heteroatoms. The second-order valence-corrected chi connectivity index (χ2v) is 8.99. The fourth-order valence-electron chi connectivity index (χ4n) is 2.36. The van der Waals surface area contributed by atoms with Gasteiger partial charge in [0.2, 0.25) is 0 Å². The van der Waals surface area contributed by atoms with Gasteiger partial charge in [0.25, 0.3) is 0 Å². The zero-order valence-electron chi connectivity index (χ0n) is 13.6. The van der Waals surface area contributed by atoms with Gasteiger partial charge in [0.1, 0.15) is 0 Å². The van der Waals surface area contributed by atoms with Crippen molar-refractivity contribution in [1.29, 1.82) is 0 Å². The van der Waals surface area contributed by atoms with E-state index < -0.39 is 17.0 Å². The normalized spacial score (nSPS) is 20.8. The second-order valence-electron chi connectivity index (χ2n) is 6.85. The van der Waals surface area contributed by atoms with Crippen LogP contribution in [-0.4, -0.2) is 33.0 Å². The van der Waals surface area contributed by atoms with Gasteiger partial charge in [-0.15, -0.1) is 0 Å². The molecule has 1 aliphatic rings. The minimum Gasteiger partial charge on any atom is -0.399 e. The lowest BCUT2D eigenvalue weighted by Gasteiger charge is -2.32. The van der Waals surface area contributed by atoms with Crippen LogP contribution in [0.2, 0.25) is 0 Å². The summed E-state index contributed by atoms with van der Waals surface area (Å²) in [5.41, 5.74) is 1.96. The molecule has 0 atom stereocenters. The maximum atomic E-state index is 11.4. The van der Waals surface area contributed by atoms with Gasteiger partial charge in [-0.3, -0.25) is 0 Å². The van der Waals surface area contributed by atoms with Crippen molar-refractivity contribution in [3.8, 4) is 0 Å². The SMILES string of the molecule is Cc1cc(CS(C)(=O)=O)ccc1B1OC(C)(C)C(C)(C)O1. The van der Waals surface area contributed by atoms with Crippen LogP contribution in [-0.2, 0) is 24.9 Å². The maximum absolute atomic E-state index is 11.4. The van der Waals surface area contributed by atoms with Gasteiger partial charge in [0.05, 0.1) is 17.0 Å². The molecule has 0 N–H and O–H groups in total. The van der Waals surface area contributed by atoms with E-state index in [-0.39, 0.29) is 17.0 Å². The van der Waals surface area contributed by atoms with Gasteiger partial charge in [-0.2, -0.15) is 0 Å². The predicted octanol–water partition coefficient (Wildman–Crippen LogP) is 1.84. The molecule has 1 aromatic rings. The van der Waals surface area contributed by atoms with Crippen molar-refractivity contribution >= 4 is 22.4 Å². The van der Waals surface area contributed by atoms with Crippen LogP contribution in [0.1, 0.15) is 38.8 Å².